The van der Waals surface area contributed by atoms with Crippen LogP contribution in [0, 0.1) is 6.92 Å². The van der Waals surface area contributed by atoms with Crippen LogP contribution in [0.1, 0.15) is 29.1 Å². The summed E-state index contributed by atoms with van der Waals surface area (Å²) in [7, 11) is 0. The maximum atomic E-state index is 12.2. The number of nitrogens with zero attached hydrogens (tertiary/aromatic N) is 2. The van der Waals surface area contributed by atoms with Crippen LogP contribution < -0.4 is 5.73 Å². The lowest BCUT2D eigenvalue weighted by Crippen LogP contribution is -2.50. The van der Waals surface area contributed by atoms with Crippen molar-refractivity contribution in [3.8, 4) is 0 Å². The summed E-state index contributed by atoms with van der Waals surface area (Å²) in [6.07, 6.45) is 3.57. The van der Waals surface area contributed by atoms with E-state index in [1.165, 1.54) is 0 Å². The van der Waals surface area contributed by atoms with Gasteiger partial charge in [-0.05, 0) is 26.0 Å². The molecule has 0 aliphatic carbocycles. The van der Waals surface area contributed by atoms with E-state index in [0.29, 0.717) is 29.5 Å². The molecule has 104 valence electrons. The molecule has 0 saturated carbocycles. The first-order valence-corrected chi connectivity index (χ1v) is 7.69. The number of hydrogen-bond donors (Lipinski definition) is 1. The molecule has 0 radical (unpaired) electrons. The van der Waals surface area contributed by atoms with Gasteiger partial charge in [-0.15, -0.1) is 0 Å². The Morgan fingerprint density at radius 1 is 1.58 bits per heavy atom. The van der Waals surface area contributed by atoms with Crippen molar-refractivity contribution in [3.63, 3.8) is 0 Å². The Balaban J connectivity index is 2.04. The molecule has 0 bridgehead atoms. The number of aryl methyl sites for hydroxylation is 1. The van der Waals surface area contributed by atoms with Gasteiger partial charge in [0.15, 0.2) is 0 Å². The number of carbonyl (C=O) groups is 1. The Labute approximate surface area is 121 Å². The Hall–Kier alpha value is -1.08. The number of hydrogen-bond acceptors (Lipinski definition) is 5. The number of aromatic nitrogens is 1. The van der Waals surface area contributed by atoms with Crippen LogP contribution in [0.3, 0.4) is 0 Å². The van der Waals surface area contributed by atoms with Gasteiger partial charge in [0.05, 0.1) is 15.4 Å². The first-order valence-electron chi connectivity index (χ1n) is 6.06. The number of piperidine rings is 1. The summed E-state index contributed by atoms with van der Waals surface area (Å²) in [6.45, 7) is 3.07. The Bertz CT molecular complexity index is 493. The minimum atomic E-state index is -0.177. The van der Waals surface area contributed by atoms with Crippen molar-refractivity contribution in [1.82, 2.24) is 10.1 Å². The molecule has 1 amide bonds. The van der Waals surface area contributed by atoms with E-state index in [-0.39, 0.29) is 10.7 Å². The van der Waals surface area contributed by atoms with Crippen LogP contribution >= 0.6 is 24.0 Å². The third-order valence-electron chi connectivity index (χ3n) is 3.54. The molecule has 0 aromatic carbocycles. The smallest absolute Gasteiger partial charge is 0.292 e. The number of carbonyl (C=O) groups excluding carboxylic acids is 1. The molecule has 0 atom stereocenters. The summed E-state index contributed by atoms with van der Waals surface area (Å²) in [4.78, 5) is 14.5. The fourth-order valence-corrected chi connectivity index (χ4v) is 3.49. The molecule has 1 aromatic heterocycles. The molecule has 1 saturated heterocycles. The normalized spacial score (nSPS) is 18.3. The maximum absolute atomic E-state index is 12.2. The van der Waals surface area contributed by atoms with Crippen molar-refractivity contribution in [3.05, 3.63) is 17.5 Å². The standard InChI is InChI=1S/C12H17N3O2S2/c1-8-7-9(17-14-8)10(16)15-5-3-12(19-2,4-6-15)11(13)18/h7H,3-6H2,1-2H3,(H2,13,18). The topological polar surface area (TPSA) is 72.4 Å². The summed E-state index contributed by atoms with van der Waals surface area (Å²) in [5, 5.41) is 3.74. The molecule has 0 spiro atoms. The zero-order chi connectivity index (χ0) is 14.0. The SMILES string of the molecule is CSC1(C(N)=S)CCN(C(=O)c2cc(C)no2)CC1. The van der Waals surface area contributed by atoms with Crippen LogP contribution in [0.4, 0.5) is 0 Å². The molecular formula is C12H17N3O2S2. The lowest BCUT2D eigenvalue weighted by atomic mass is 9.95. The van der Waals surface area contributed by atoms with Gasteiger partial charge in [-0.3, -0.25) is 4.79 Å². The van der Waals surface area contributed by atoms with Gasteiger partial charge in [-0.25, -0.2) is 0 Å². The van der Waals surface area contributed by atoms with E-state index >= 15 is 0 Å². The summed E-state index contributed by atoms with van der Waals surface area (Å²) < 4.78 is 4.83. The zero-order valence-electron chi connectivity index (χ0n) is 11.0. The average molecular weight is 299 g/mol. The highest BCUT2D eigenvalue weighted by atomic mass is 32.2. The number of thioether (sulfide) groups is 1. The number of amides is 1. The quantitative estimate of drug-likeness (QED) is 0.855. The summed E-state index contributed by atoms with van der Waals surface area (Å²) in [6, 6.07) is 1.66. The molecule has 2 rings (SSSR count). The molecule has 0 unspecified atom stereocenters. The van der Waals surface area contributed by atoms with E-state index < -0.39 is 0 Å². The second-order valence-corrected chi connectivity index (χ2v) is 6.32. The van der Waals surface area contributed by atoms with Crippen molar-refractivity contribution in [2.24, 2.45) is 5.73 Å². The third-order valence-corrected chi connectivity index (χ3v) is 5.47. The predicted molar refractivity (Wildman–Crippen MR) is 79.4 cm³/mol. The number of nitrogens with two attached hydrogens (primary N) is 1. The average Bonchev–Trinajstić information content (AvgIpc) is 2.84. The summed E-state index contributed by atoms with van der Waals surface area (Å²) in [5.74, 6) is 0.183. The fraction of sp³-hybridized carbons (Fsp3) is 0.583. The van der Waals surface area contributed by atoms with Crippen molar-refractivity contribution >= 4 is 34.9 Å². The van der Waals surface area contributed by atoms with Gasteiger partial charge in [0.2, 0.25) is 5.76 Å². The van der Waals surface area contributed by atoms with E-state index in [4.69, 9.17) is 22.5 Å². The van der Waals surface area contributed by atoms with Gasteiger partial charge < -0.3 is 15.2 Å². The molecule has 19 heavy (non-hydrogen) atoms. The van der Waals surface area contributed by atoms with Crippen molar-refractivity contribution in [1.29, 1.82) is 0 Å². The first kappa shape index (κ1) is 14.3. The fourth-order valence-electron chi connectivity index (χ4n) is 2.24. The monoisotopic (exact) mass is 299 g/mol. The van der Waals surface area contributed by atoms with Crippen LogP contribution in [-0.4, -0.2) is 45.0 Å². The highest BCUT2D eigenvalue weighted by Gasteiger charge is 2.38. The highest BCUT2D eigenvalue weighted by molar-refractivity contribution is 8.02. The lowest BCUT2D eigenvalue weighted by Gasteiger charge is -2.39. The number of thiocarbonyl (C=S) groups is 1. The Morgan fingerprint density at radius 3 is 2.63 bits per heavy atom. The second kappa shape index (κ2) is 5.50. The van der Waals surface area contributed by atoms with Gasteiger partial charge in [-0.1, -0.05) is 17.4 Å². The van der Waals surface area contributed by atoms with Crippen LogP contribution in [0.5, 0.6) is 0 Å². The van der Waals surface area contributed by atoms with Crippen LogP contribution in [0.2, 0.25) is 0 Å². The van der Waals surface area contributed by atoms with Gasteiger partial charge >= 0.3 is 0 Å². The molecule has 2 N–H and O–H groups in total. The summed E-state index contributed by atoms with van der Waals surface area (Å²) in [5.41, 5.74) is 6.54. The van der Waals surface area contributed by atoms with Crippen molar-refractivity contribution in [2.45, 2.75) is 24.5 Å². The molecule has 1 aromatic rings. The van der Waals surface area contributed by atoms with Gasteiger partial charge in [0.1, 0.15) is 0 Å². The number of likely N-dealkylation sites (tertiary alicyclic amines) is 1. The minimum absolute atomic E-state index is 0.113. The van der Waals surface area contributed by atoms with Gasteiger partial charge in [-0.2, -0.15) is 11.8 Å². The van der Waals surface area contributed by atoms with Crippen molar-refractivity contribution in [2.75, 3.05) is 19.3 Å². The molecule has 2 heterocycles. The Morgan fingerprint density at radius 2 is 2.21 bits per heavy atom. The van der Waals surface area contributed by atoms with Gasteiger partial charge in [0, 0.05) is 19.2 Å². The summed E-state index contributed by atoms with van der Waals surface area (Å²) >= 11 is 6.83. The van der Waals surface area contributed by atoms with Crippen LogP contribution in [0.15, 0.2) is 10.6 Å². The van der Waals surface area contributed by atoms with E-state index in [9.17, 15) is 4.79 Å². The molecule has 1 aliphatic rings. The lowest BCUT2D eigenvalue weighted by molar-refractivity contribution is 0.0677. The van der Waals surface area contributed by atoms with Gasteiger partial charge in [0.25, 0.3) is 5.91 Å². The second-order valence-electron chi connectivity index (χ2n) is 4.69. The van der Waals surface area contributed by atoms with E-state index in [1.807, 2.05) is 6.26 Å². The van der Waals surface area contributed by atoms with Crippen LogP contribution in [-0.2, 0) is 0 Å². The zero-order valence-corrected chi connectivity index (χ0v) is 12.6. The number of rotatable bonds is 3. The van der Waals surface area contributed by atoms with E-state index in [0.717, 1.165) is 12.8 Å². The molecular weight excluding hydrogens is 282 g/mol. The Kier molecular flexibility index (Phi) is 4.15. The van der Waals surface area contributed by atoms with E-state index in [1.54, 1.807) is 29.7 Å². The molecule has 1 fully saturated rings. The predicted octanol–water partition coefficient (Wildman–Crippen LogP) is 1.61. The molecule has 5 nitrogen and oxygen atoms in total. The largest absolute Gasteiger partial charge is 0.392 e. The maximum Gasteiger partial charge on any atom is 0.292 e. The van der Waals surface area contributed by atoms with Crippen LogP contribution in [0.25, 0.3) is 0 Å². The molecule has 1 aliphatic heterocycles. The van der Waals surface area contributed by atoms with E-state index in [2.05, 4.69) is 5.16 Å². The minimum Gasteiger partial charge on any atom is -0.392 e. The third kappa shape index (κ3) is 2.76. The highest BCUT2D eigenvalue weighted by Crippen LogP contribution is 2.35. The van der Waals surface area contributed by atoms with Crippen molar-refractivity contribution < 1.29 is 9.32 Å². The molecule has 7 heteroatoms. The first-order chi connectivity index (χ1) is 8.98.